The van der Waals surface area contributed by atoms with Crippen LogP contribution in [0.1, 0.15) is 52.4 Å². The van der Waals surface area contributed by atoms with Crippen molar-refractivity contribution in [3.8, 4) is 28.3 Å². The van der Waals surface area contributed by atoms with Crippen LogP contribution in [-0.2, 0) is 25.3 Å². The molecule has 2 fully saturated rings. The molecule has 1 unspecified atom stereocenters. The molecule has 0 saturated carbocycles. The Balaban J connectivity index is 1.23. The predicted molar refractivity (Wildman–Crippen MR) is 179 cm³/mol. The summed E-state index contributed by atoms with van der Waals surface area (Å²) in [6, 6.07) is 7.03. The van der Waals surface area contributed by atoms with Gasteiger partial charge in [-0.05, 0) is 67.6 Å². The van der Waals surface area contributed by atoms with E-state index in [0.717, 1.165) is 64.9 Å². The van der Waals surface area contributed by atoms with Gasteiger partial charge in [0, 0.05) is 73.8 Å². The van der Waals surface area contributed by atoms with Crippen molar-refractivity contribution in [1.29, 1.82) is 0 Å². The number of methoxy groups -OCH3 is 1. The first-order valence-electron chi connectivity index (χ1n) is 15.8. The van der Waals surface area contributed by atoms with Gasteiger partial charge >= 0.3 is 5.69 Å². The lowest BCUT2D eigenvalue weighted by Gasteiger charge is -2.50. The van der Waals surface area contributed by atoms with Crippen molar-refractivity contribution in [1.82, 2.24) is 24.3 Å². The number of aromatic nitrogens is 3. The highest BCUT2D eigenvalue weighted by Gasteiger charge is 2.51. The Labute approximate surface area is 284 Å². The van der Waals surface area contributed by atoms with E-state index in [0.29, 0.717) is 23.6 Å². The van der Waals surface area contributed by atoms with Crippen molar-refractivity contribution in [3.63, 3.8) is 0 Å². The summed E-state index contributed by atoms with van der Waals surface area (Å²) in [5, 5.41) is 5.64. The number of nitrogens with one attached hydrogen (secondary N) is 2. The Morgan fingerprint density at radius 1 is 1.08 bits per heavy atom. The first kappa shape index (κ1) is 32.7. The van der Waals surface area contributed by atoms with Gasteiger partial charge in [0.1, 0.15) is 17.2 Å². The fourth-order valence-electron chi connectivity index (χ4n) is 7.46. The average molecular weight is 691 g/mol. The Morgan fingerprint density at radius 2 is 1.80 bits per heavy atom. The first-order chi connectivity index (χ1) is 23.3. The zero-order chi connectivity index (χ0) is 34.9. The van der Waals surface area contributed by atoms with Crippen LogP contribution in [0.25, 0.3) is 22.4 Å². The highest BCUT2D eigenvalue weighted by Crippen LogP contribution is 2.48. The molecule has 4 heterocycles. The molecule has 7 rings (SSSR count). The molecule has 2 N–H and O–H groups in total. The summed E-state index contributed by atoms with van der Waals surface area (Å²) < 4.78 is 38.9. The molecule has 2 aromatic heterocycles. The molecule has 1 atom stereocenters. The third kappa shape index (κ3) is 5.32. The Kier molecular flexibility index (Phi) is 7.94. The van der Waals surface area contributed by atoms with Gasteiger partial charge in [-0.25, -0.2) is 18.6 Å². The van der Waals surface area contributed by atoms with Gasteiger partial charge in [0.15, 0.2) is 0 Å². The minimum atomic E-state index is -0.827. The van der Waals surface area contributed by atoms with E-state index in [9.17, 15) is 19.2 Å². The van der Waals surface area contributed by atoms with Crippen LogP contribution in [0.2, 0.25) is 5.02 Å². The third-order valence-electron chi connectivity index (χ3n) is 9.98. The Hall–Kier alpha value is -4.88. The standard InChI is InChI=1S/C35H33ClF2N6O5/c1-17-23(39-31(46)20-14-42(2)34(48)43(3)33(20)47)9-8-21(37)27(17)29-22(38)7-6-19(30(29)36)24-13-18-5-10-25(28(18)32(40-24)49-4)44-15-35(16-44)12-11-26(45)41-35/h6-9,13-14,25H,5,10-12,15-16H2,1-4H3,(H,39,46)(H,41,45). The number of carbonyl (C=O) groups excluding carboxylic acids is 2. The van der Waals surface area contributed by atoms with E-state index in [1.807, 2.05) is 6.07 Å². The highest BCUT2D eigenvalue weighted by atomic mass is 35.5. The number of nitrogens with zero attached hydrogens (tertiary/aromatic N) is 4. The SMILES string of the molecule is COc1nc(-c2ccc(F)c(-c3c(F)ccc(NC(=O)c4cn(C)c(=O)n(C)c4=O)c3C)c2Cl)cc2c1C(N1CC3(CCC(=O)N3)C1)CC2. The topological polar surface area (TPSA) is 128 Å². The number of likely N-dealkylation sites (tertiary alicyclic amines) is 1. The van der Waals surface area contributed by atoms with E-state index in [-0.39, 0.29) is 50.5 Å². The van der Waals surface area contributed by atoms with Crippen LogP contribution in [0.3, 0.4) is 0 Å². The number of ether oxygens (including phenoxy) is 1. The summed E-state index contributed by atoms with van der Waals surface area (Å²) in [6.45, 7) is 3.02. The van der Waals surface area contributed by atoms with Gasteiger partial charge in [0.25, 0.3) is 11.5 Å². The monoisotopic (exact) mass is 690 g/mol. The molecule has 3 aliphatic rings. The van der Waals surface area contributed by atoms with E-state index >= 15 is 8.78 Å². The number of carbonyl (C=O) groups is 2. The number of amides is 2. The third-order valence-corrected chi connectivity index (χ3v) is 10.4. The molecule has 2 aliphatic heterocycles. The summed E-state index contributed by atoms with van der Waals surface area (Å²) in [6.07, 6.45) is 4.09. The van der Waals surface area contributed by atoms with E-state index < -0.39 is 28.8 Å². The van der Waals surface area contributed by atoms with Gasteiger partial charge < -0.3 is 19.9 Å². The molecule has 2 amide bonds. The van der Waals surface area contributed by atoms with E-state index in [1.54, 1.807) is 0 Å². The average Bonchev–Trinajstić information content (AvgIpc) is 3.67. The van der Waals surface area contributed by atoms with Crippen molar-refractivity contribution in [2.75, 3.05) is 25.5 Å². The summed E-state index contributed by atoms with van der Waals surface area (Å²) in [7, 11) is 4.20. The Bertz CT molecular complexity index is 2210. The normalized spacial score (nSPS) is 17.9. The number of rotatable bonds is 6. The van der Waals surface area contributed by atoms with E-state index in [2.05, 4.69) is 15.5 Å². The molecule has 49 heavy (non-hydrogen) atoms. The molecular formula is C35H33ClF2N6O5. The second-order valence-electron chi connectivity index (χ2n) is 13.0. The van der Waals surface area contributed by atoms with Crippen LogP contribution in [-0.4, -0.2) is 56.6 Å². The number of aryl methyl sites for hydroxylation is 2. The van der Waals surface area contributed by atoms with Gasteiger partial charge in [0.2, 0.25) is 11.8 Å². The zero-order valence-electron chi connectivity index (χ0n) is 27.2. The molecule has 2 saturated heterocycles. The second kappa shape index (κ2) is 11.9. The van der Waals surface area contributed by atoms with Crippen LogP contribution in [0.15, 0.2) is 46.1 Å². The fourth-order valence-corrected chi connectivity index (χ4v) is 7.80. The maximum Gasteiger partial charge on any atom is 0.330 e. The molecule has 1 spiro atoms. The zero-order valence-corrected chi connectivity index (χ0v) is 28.0. The van der Waals surface area contributed by atoms with Gasteiger partial charge in [0.05, 0.1) is 23.4 Å². The maximum absolute atomic E-state index is 15.6. The predicted octanol–water partition coefficient (Wildman–Crippen LogP) is 4.27. The quantitative estimate of drug-likeness (QED) is 0.310. The first-order valence-corrected chi connectivity index (χ1v) is 16.2. The number of anilines is 1. The summed E-state index contributed by atoms with van der Waals surface area (Å²) in [5.41, 5.74) is 0.801. The van der Waals surface area contributed by atoms with Crippen molar-refractivity contribution < 1.29 is 23.1 Å². The fraction of sp³-hybridized carbons (Fsp3) is 0.343. The second-order valence-corrected chi connectivity index (χ2v) is 13.4. The van der Waals surface area contributed by atoms with Crippen LogP contribution in [0.5, 0.6) is 5.88 Å². The molecule has 2 aromatic carbocycles. The van der Waals surface area contributed by atoms with Gasteiger partial charge in [-0.3, -0.25) is 23.9 Å². The van der Waals surface area contributed by atoms with Crippen LogP contribution >= 0.6 is 11.6 Å². The molecule has 14 heteroatoms. The summed E-state index contributed by atoms with van der Waals surface area (Å²) in [5.74, 6) is -1.88. The van der Waals surface area contributed by atoms with Crippen molar-refractivity contribution in [2.24, 2.45) is 14.1 Å². The maximum atomic E-state index is 15.6. The van der Waals surface area contributed by atoms with Crippen LogP contribution < -0.4 is 26.6 Å². The van der Waals surface area contributed by atoms with E-state index in [1.165, 1.54) is 46.3 Å². The summed E-state index contributed by atoms with van der Waals surface area (Å²) in [4.78, 5) is 56.9. The molecule has 0 bridgehead atoms. The molecule has 1 aliphatic carbocycles. The Morgan fingerprint density at radius 3 is 2.49 bits per heavy atom. The molecule has 254 valence electrons. The molecule has 4 aromatic rings. The largest absolute Gasteiger partial charge is 0.481 e. The van der Waals surface area contributed by atoms with Crippen molar-refractivity contribution >= 4 is 29.1 Å². The van der Waals surface area contributed by atoms with Crippen molar-refractivity contribution in [2.45, 2.75) is 44.2 Å². The lowest BCUT2D eigenvalue weighted by Crippen LogP contribution is -2.67. The number of hydrogen-bond acceptors (Lipinski definition) is 7. The minimum Gasteiger partial charge on any atom is -0.481 e. The lowest BCUT2D eigenvalue weighted by atomic mass is 9.86. The van der Waals surface area contributed by atoms with Gasteiger partial charge in [-0.1, -0.05) is 11.6 Å². The van der Waals surface area contributed by atoms with Crippen LogP contribution in [0.4, 0.5) is 14.5 Å². The van der Waals surface area contributed by atoms with Crippen molar-refractivity contribution in [3.05, 3.63) is 96.3 Å². The molecule has 11 nitrogen and oxygen atoms in total. The lowest BCUT2D eigenvalue weighted by molar-refractivity contribution is -0.121. The number of pyridine rings is 1. The van der Waals surface area contributed by atoms with Gasteiger partial charge in [-0.15, -0.1) is 0 Å². The van der Waals surface area contributed by atoms with Gasteiger partial charge in [-0.2, -0.15) is 0 Å². The molecule has 0 radical (unpaired) electrons. The van der Waals surface area contributed by atoms with E-state index in [4.69, 9.17) is 21.3 Å². The minimum absolute atomic E-state index is 0.0736. The number of halogens is 3. The highest BCUT2D eigenvalue weighted by molar-refractivity contribution is 6.36. The number of fused-ring (bicyclic) bond motifs is 1. The summed E-state index contributed by atoms with van der Waals surface area (Å²) >= 11 is 6.90. The molecular weight excluding hydrogens is 658 g/mol. The smallest absolute Gasteiger partial charge is 0.330 e. The number of benzene rings is 2. The van der Waals surface area contributed by atoms with Crippen LogP contribution in [0, 0.1) is 18.6 Å². The number of hydrogen-bond donors (Lipinski definition) is 2.